The first-order valence-electron chi connectivity index (χ1n) is 6.32. The molecular weight excluding hydrogens is 244 g/mol. The molecule has 1 atom stereocenters. The molecular formula is C13H18N4O2. The maximum absolute atomic E-state index is 11.9. The van der Waals surface area contributed by atoms with E-state index in [-0.39, 0.29) is 18.0 Å². The monoisotopic (exact) mass is 262 g/mol. The minimum absolute atomic E-state index is 0.00971. The van der Waals surface area contributed by atoms with E-state index < -0.39 is 0 Å². The predicted molar refractivity (Wildman–Crippen MR) is 74.2 cm³/mol. The van der Waals surface area contributed by atoms with Crippen molar-refractivity contribution in [2.24, 2.45) is 0 Å². The number of urea groups is 1. The van der Waals surface area contributed by atoms with Crippen LogP contribution in [-0.4, -0.2) is 31.6 Å². The highest BCUT2D eigenvalue weighted by Crippen LogP contribution is 2.15. The van der Waals surface area contributed by atoms with Crippen LogP contribution in [0, 0.1) is 0 Å². The van der Waals surface area contributed by atoms with Gasteiger partial charge >= 0.3 is 6.03 Å². The van der Waals surface area contributed by atoms with Crippen LogP contribution < -0.4 is 21.3 Å². The van der Waals surface area contributed by atoms with Crippen molar-refractivity contribution in [2.45, 2.75) is 18.9 Å². The summed E-state index contributed by atoms with van der Waals surface area (Å²) in [6.45, 7) is 0.896. The maximum Gasteiger partial charge on any atom is 0.318 e. The number of benzene rings is 1. The number of anilines is 2. The second-order valence-corrected chi connectivity index (χ2v) is 4.42. The Morgan fingerprint density at radius 1 is 1.16 bits per heavy atom. The van der Waals surface area contributed by atoms with Gasteiger partial charge in [-0.25, -0.2) is 4.79 Å². The van der Waals surface area contributed by atoms with Crippen LogP contribution in [0.4, 0.5) is 16.2 Å². The molecule has 1 heterocycles. The first-order chi connectivity index (χ1) is 9.19. The molecule has 1 aromatic carbocycles. The average molecular weight is 262 g/mol. The third-order valence-electron chi connectivity index (χ3n) is 3.01. The molecule has 1 aliphatic heterocycles. The van der Waals surface area contributed by atoms with E-state index in [1.165, 1.54) is 0 Å². The lowest BCUT2D eigenvalue weighted by molar-refractivity contribution is -0.117. The van der Waals surface area contributed by atoms with Crippen LogP contribution in [0.2, 0.25) is 0 Å². The lowest BCUT2D eigenvalue weighted by Gasteiger charge is -2.11. The Kier molecular flexibility index (Phi) is 4.35. The molecule has 1 aliphatic rings. The SMILES string of the molecule is CNC(=O)Nc1ccc(NC(=O)C2CCCN2)cc1. The van der Waals surface area contributed by atoms with E-state index in [1.54, 1.807) is 31.3 Å². The lowest BCUT2D eigenvalue weighted by Crippen LogP contribution is -2.35. The summed E-state index contributed by atoms with van der Waals surface area (Å²) in [7, 11) is 1.55. The summed E-state index contributed by atoms with van der Waals surface area (Å²) in [5.74, 6) is -0.00971. The van der Waals surface area contributed by atoms with Crippen LogP contribution in [0.3, 0.4) is 0 Å². The van der Waals surface area contributed by atoms with Gasteiger partial charge in [-0.15, -0.1) is 0 Å². The van der Waals surface area contributed by atoms with E-state index >= 15 is 0 Å². The van der Waals surface area contributed by atoms with Gasteiger partial charge in [0.1, 0.15) is 0 Å². The van der Waals surface area contributed by atoms with E-state index in [2.05, 4.69) is 21.3 Å². The molecule has 3 amide bonds. The molecule has 1 fully saturated rings. The molecule has 6 heteroatoms. The fourth-order valence-electron chi connectivity index (χ4n) is 1.97. The van der Waals surface area contributed by atoms with Gasteiger partial charge in [-0.2, -0.15) is 0 Å². The van der Waals surface area contributed by atoms with Gasteiger partial charge in [0.05, 0.1) is 6.04 Å². The minimum Gasteiger partial charge on any atom is -0.341 e. The number of hydrogen-bond donors (Lipinski definition) is 4. The third kappa shape index (κ3) is 3.69. The smallest absolute Gasteiger partial charge is 0.318 e. The summed E-state index contributed by atoms with van der Waals surface area (Å²) < 4.78 is 0. The number of amides is 3. The summed E-state index contributed by atoms with van der Waals surface area (Å²) in [5, 5.41) is 11.1. The van der Waals surface area contributed by atoms with Crippen molar-refractivity contribution in [2.75, 3.05) is 24.2 Å². The number of rotatable bonds is 3. The summed E-state index contributed by atoms with van der Waals surface area (Å²) in [6.07, 6.45) is 1.91. The van der Waals surface area contributed by atoms with Gasteiger partial charge < -0.3 is 21.3 Å². The maximum atomic E-state index is 11.9. The zero-order valence-corrected chi connectivity index (χ0v) is 10.8. The van der Waals surface area contributed by atoms with Crippen molar-refractivity contribution in [3.05, 3.63) is 24.3 Å². The molecule has 2 rings (SSSR count). The molecule has 19 heavy (non-hydrogen) atoms. The molecule has 1 unspecified atom stereocenters. The Labute approximate surface area is 112 Å². The van der Waals surface area contributed by atoms with Crippen molar-refractivity contribution in [1.29, 1.82) is 0 Å². The quantitative estimate of drug-likeness (QED) is 0.659. The first-order valence-corrected chi connectivity index (χ1v) is 6.32. The molecule has 1 saturated heterocycles. The van der Waals surface area contributed by atoms with E-state index in [4.69, 9.17) is 0 Å². The first kappa shape index (κ1) is 13.4. The Morgan fingerprint density at radius 2 is 1.79 bits per heavy atom. The lowest BCUT2D eigenvalue weighted by atomic mass is 10.2. The Bertz CT molecular complexity index is 452. The molecule has 1 aromatic rings. The molecule has 6 nitrogen and oxygen atoms in total. The number of carbonyl (C=O) groups excluding carboxylic acids is 2. The zero-order valence-electron chi connectivity index (χ0n) is 10.8. The van der Waals surface area contributed by atoms with Gasteiger partial charge in [-0.05, 0) is 43.7 Å². The fourth-order valence-corrected chi connectivity index (χ4v) is 1.97. The van der Waals surface area contributed by atoms with Crippen molar-refractivity contribution < 1.29 is 9.59 Å². The van der Waals surface area contributed by atoms with Crippen molar-refractivity contribution in [1.82, 2.24) is 10.6 Å². The van der Waals surface area contributed by atoms with Crippen LogP contribution in [-0.2, 0) is 4.79 Å². The highest BCUT2D eigenvalue weighted by molar-refractivity contribution is 5.95. The van der Waals surface area contributed by atoms with Crippen LogP contribution in [0.5, 0.6) is 0 Å². The Morgan fingerprint density at radius 3 is 2.32 bits per heavy atom. The summed E-state index contributed by atoms with van der Waals surface area (Å²) in [6, 6.07) is 6.64. The topological polar surface area (TPSA) is 82.3 Å². The van der Waals surface area contributed by atoms with E-state index in [0.29, 0.717) is 5.69 Å². The standard InChI is InChI=1S/C13H18N4O2/c1-14-13(19)17-10-6-4-9(5-7-10)16-12(18)11-3-2-8-15-11/h4-7,11,15H,2-3,8H2,1H3,(H,16,18)(H2,14,17,19). The van der Waals surface area contributed by atoms with Crippen molar-refractivity contribution in [3.8, 4) is 0 Å². The molecule has 0 saturated carbocycles. The molecule has 0 aromatic heterocycles. The molecule has 0 radical (unpaired) electrons. The summed E-state index contributed by atoms with van der Waals surface area (Å²) >= 11 is 0. The van der Waals surface area contributed by atoms with Gasteiger partial charge in [0.25, 0.3) is 0 Å². The van der Waals surface area contributed by atoms with E-state index in [0.717, 1.165) is 25.1 Å². The zero-order chi connectivity index (χ0) is 13.7. The second-order valence-electron chi connectivity index (χ2n) is 4.42. The minimum atomic E-state index is -0.271. The van der Waals surface area contributed by atoms with Crippen LogP contribution >= 0.6 is 0 Å². The molecule has 0 spiro atoms. The van der Waals surface area contributed by atoms with Crippen molar-refractivity contribution >= 4 is 23.3 Å². The van der Waals surface area contributed by atoms with Gasteiger partial charge in [-0.1, -0.05) is 0 Å². The highest BCUT2D eigenvalue weighted by Gasteiger charge is 2.21. The largest absolute Gasteiger partial charge is 0.341 e. The summed E-state index contributed by atoms with van der Waals surface area (Å²) in [5.41, 5.74) is 1.40. The molecule has 0 aliphatic carbocycles. The fraction of sp³-hybridized carbons (Fsp3) is 0.385. The molecule has 102 valence electrons. The van der Waals surface area contributed by atoms with Crippen LogP contribution in [0.1, 0.15) is 12.8 Å². The molecule has 0 bridgehead atoms. The number of nitrogens with one attached hydrogen (secondary N) is 4. The van der Waals surface area contributed by atoms with Crippen LogP contribution in [0.25, 0.3) is 0 Å². The number of hydrogen-bond acceptors (Lipinski definition) is 3. The van der Waals surface area contributed by atoms with Gasteiger partial charge in [0.15, 0.2) is 0 Å². The summed E-state index contributed by atoms with van der Waals surface area (Å²) in [4.78, 5) is 23.0. The number of carbonyl (C=O) groups is 2. The highest BCUT2D eigenvalue weighted by atomic mass is 16.2. The third-order valence-corrected chi connectivity index (χ3v) is 3.01. The Hall–Kier alpha value is -2.08. The van der Waals surface area contributed by atoms with E-state index in [1.807, 2.05) is 0 Å². The van der Waals surface area contributed by atoms with Gasteiger partial charge in [0, 0.05) is 18.4 Å². The average Bonchev–Trinajstić information content (AvgIpc) is 2.95. The predicted octanol–water partition coefficient (Wildman–Crippen LogP) is 1.13. The normalized spacial score (nSPS) is 17.8. The van der Waals surface area contributed by atoms with Gasteiger partial charge in [0.2, 0.25) is 5.91 Å². The van der Waals surface area contributed by atoms with E-state index in [9.17, 15) is 9.59 Å². The van der Waals surface area contributed by atoms with Gasteiger partial charge in [-0.3, -0.25) is 4.79 Å². The Balaban J connectivity index is 1.91. The molecule has 4 N–H and O–H groups in total. The second kappa shape index (κ2) is 6.19. The van der Waals surface area contributed by atoms with Crippen molar-refractivity contribution in [3.63, 3.8) is 0 Å². The van der Waals surface area contributed by atoms with Crippen LogP contribution in [0.15, 0.2) is 24.3 Å².